The van der Waals surface area contributed by atoms with E-state index in [2.05, 4.69) is 0 Å². The summed E-state index contributed by atoms with van der Waals surface area (Å²) in [7, 11) is 5.68. The summed E-state index contributed by atoms with van der Waals surface area (Å²) in [5.41, 5.74) is -0.809. The quantitative estimate of drug-likeness (QED) is 0.821. The van der Waals surface area contributed by atoms with E-state index in [4.69, 9.17) is 0 Å². The van der Waals surface area contributed by atoms with Crippen molar-refractivity contribution in [2.45, 2.75) is 19.8 Å². The molecule has 0 aliphatic carbocycles. The SMILES string of the molecule is CN(C)CCN(C)C(=O)N1CCCC(C)(C(=O)O)C1. The second-order valence-corrected chi connectivity index (χ2v) is 5.90. The minimum Gasteiger partial charge on any atom is -0.481 e. The highest BCUT2D eigenvalue weighted by Gasteiger charge is 2.39. The molecule has 0 spiro atoms. The number of carboxylic acids is 1. The number of rotatable bonds is 4. The first-order valence-electron chi connectivity index (χ1n) is 6.64. The lowest BCUT2D eigenvalue weighted by molar-refractivity contribution is -0.150. The zero-order valence-electron chi connectivity index (χ0n) is 12.3. The summed E-state index contributed by atoms with van der Waals surface area (Å²) in [6.07, 6.45) is 1.38. The van der Waals surface area contributed by atoms with E-state index in [1.54, 1.807) is 23.8 Å². The van der Waals surface area contributed by atoms with Crippen molar-refractivity contribution in [1.29, 1.82) is 0 Å². The Morgan fingerprint density at radius 2 is 1.89 bits per heavy atom. The summed E-state index contributed by atoms with van der Waals surface area (Å²) in [4.78, 5) is 28.9. The zero-order chi connectivity index (χ0) is 14.6. The van der Waals surface area contributed by atoms with Crippen LogP contribution in [0.15, 0.2) is 0 Å². The van der Waals surface area contributed by atoms with Crippen molar-refractivity contribution in [3.05, 3.63) is 0 Å². The van der Waals surface area contributed by atoms with Crippen LogP contribution in [0, 0.1) is 5.41 Å². The number of carbonyl (C=O) groups is 2. The van der Waals surface area contributed by atoms with E-state index in [1.165, 1.54) is 0 Å². The standard InChI is InChI=1S/C13H25N3O3/c1-13(11(17)18)6-5-7-16(10-13)12(19)15(4)9-8-14(2)3/h5-10H2,1-4H3,(H,17,18). The molecule has 0 aromatic heterocycles. The van der Waals surface area contributed by atoms with Gasteiger partial charge in [-0.05, 0) is 33.9 Å². The molecule has 1 rings (SSSR count). The Morgan fingerprint density at radius 3 is 2.42 bits per heavy atom. The van der Waals surface area contributed by atoms with E-state index < -0.39 is 11.4 Å². The van der Waals surface area contributed by atoms with E-state index in [-0.39, 0.29) is 6.03 Å². The van der Waals surface area contributed by atoms with Crippen LogP contribution < -0.4 is 0 Å². The van der Waals surface area contributed by atoms with Gasteiger partial charge >= 0.3 is 12.0 Å². The first-order valence-corrected chi connectivity index (χ1v) is 6.64. The minimum atomic E-state index is -0.819. The van der Waals surface area contributed by atoms with Gasteiger partial charge in [0.1, 0.15) is 0 Å². The number of likely N-dealkylation sites (tertiary alicyclic amines) is 1. The Hall–Kier alpha value is -1.30. The second kappa shape index (κ2) is 6.23. The van der Waals surface area contributed by atoms with Crippen LogP contribution in [0.1, 0.15) is 19.8 Å². The zero-order valence-corrected chi connectivity index (χ0v) is 12.3. The maximum atomic E-state index is 12.3. The van der Waals surface area contributed by atoms with E-state index in [0.717, 1.165) is 13.0 Å². The third-order valence-electron chi connectivity index (χ3n) is 3.69. The first kappa shape index (κ1) is 15.8. The van der Waals surface area contributed by atoms with Crippen LogP contribution in [-0.2, 0) is 4.79 Å². The molecule has 6 nitrogen and oxygen atoms in total. The lowest BCUT2D eigenvalue weighted by atomic mass is 9.82. The van der Waals surface area contributed by atoms with Gasteiger partial charge in [0.15, 0.2) is 0 Å². The van der Waals surface area contributed by atoms with Gasteiger partial charge in [-0.2, -0.15) is 0 Å². The molecule has 0 aromatic rings. The number of aliphatic carboxylic acids is 1. The molecule has 110 valence electrons. The Morgan fingerprint density at radius 1 is 1.26 bits per heavy atom. The van der Waals surface area contributed by atoms with Crippen LogP contribution in [0.4, 0.5) is 4.79 Å². The predicted molar refractivity (Wildman–Crippen MR) is 73.1 cm³/mol. The fraction of sp³-hybridized carbons (Fsp3) is 0.846. The number of likely N-dealkylation sites (N-methyl/N-ethyl adjacent to an activating group) is 2. The Labute approximate surface area is 115 Å². The molecule has 1 aliphatic heterocycles. The molecule has 19 heavy (non-hydrogen) atoms. The van der Waals surface area contributed by atoms with Gasteiger partial charge in [0.05, 0.1) is 5.41 Å². The maximum Gasteiger partial charge on any atom is 0.319 e. The average Bonchev–Trinajstić information content (AvgIpc) is 2.34. The van der Waals surface area contributed by atoms with Gasteiger partial charge in [-0.25, -0.2) is 4.79 Å². The van der Waals surface area contributed by atoms with Crippen LogP contribution in [-0.4, -0.2) is 79.1 Å². The fourth-order valence-electron chi connectivity index (χ4n) is 2.26. The van der Waals surface area contributed by atoms with Gasteiger partial charge in [-0.15, -0.1) is 0 Å². The minimum absolute atomic E-state index is 0.0750. The molecular formula is C13H25N3O3. The van der Waals surface area contributed by atoms with Crippen molar-refractivity contribution in [2.75, 3.05) is 47.3 Å². The van der Waals surface area contributed by atoms with Crippen molar-refractivity contribution in [3.63, 3.8) is 0 Å². The highest BCUT2D eigenvalue weighted by Crippen LogP contribution is 2.30. The average molecular weight is 271 g/mol. The number of carbonyl (C=O) groups excluding carboxylic acids is 1. The number of hydrogen-bond donors (Lipinski definition) is 1. The van der Waals surface area contributed by atoms with Crippen LogP contribution in [0.2, 0.25) is 0 Å². The molecule has 1 N–H and O–H groups in total. The molecule has 2 amide bonds. The number of nitrogens with zero attached hydrogens (tertiary/aromatic N) is 3. The number of hydrogen-bond acceptors (Lipinski definition) is 3. The van der Waals surface area contributed by atoms with Gasteiger partial charge in [0.2, 0.25) is 0 Å². The molecule has 1 aliphatic rings. The normalized spacial score (nSPS) is 23.5. The van der Waals surface area contributed by atoms with Crippen molar-refractivity contribution in [2.24, 2.45) is 5.41 Å². The molecule has 1 atom stereocenters. The molecular weight excluding hydrogens is 246 g/mol. The molecule has 0 aromatic carbocycles. The van der Waals surface area contributed by atoms with Gasteiger partial charge in [0, 0.05) is 33.2 Å². The van der Waals surface area contributed by atoms with Crippen molar-refractivity contribution < 1.29 is 14.7 Å². The molecule has 1 heterocycles. The monoisotopic (exact) mass is 271 g/mol. The Balaban J connectivity index is 2.59. The highest BCUT2D eigenvalue weighted by molar-refractivity contribution is 5.78. The molecule has 0 radical (unpaired) electrons. The van der Waals surface area contributed by atoms with E-state index in [1.807, 2.05) is 19.0 Å². The molecule has 0 bridgehead atoms. The van der Waals surface area contributed by atoms with Crippen molar-refractivity contribution in [3.8, 4) is 0 Å². The molecule has 0 saturated carbocycles. The number of amides is 2. The topological polar surface area (TPSA) is 64.1 Å². The number of urea groups is 1. The van der Waals surface area contributed by atoms with Crippen LogP contribution in [0.5, 0.6) is 0 Å². The predicted octanol–water partition coefficient (Wildman–Crippen LogP) is 0.786. The summed E-state index contributed by atoms with van der Waals surface area (Å²) in [6.45, 7) is 4.11. The van der Waals surface area contributed by atoms with E-state index in [0.29, 0.717) is 26.1 Å². The summed E-state index contributed by atoms with van der Waals surface area (Å²) >= 11 is 0. The van der Waals surface area contributed by atoms with Gasteiger partial charge in [-0.1, -0.05) is 0 Å². The molecule has 6 heteroatoms. The number of piperidine rings is 1. The smallest absolute Gasteiger partial charge is 0.319 e. The third-order valence-corrected chi connectivity index (χ3v) is 3.69. The van der Waals surface area contributed by atoms with Crippen LogP contribution in [0.3, 0.4) is 0 Å². The molecule has 1 saturated heterocycles. The number of carboxylic acid groups (broad SMARTS) is 1. The maximum absolute atomic E-state index is 12.3. The van der Waals surface area contributed by atoms with Crippen molar-refractivity contribution in [1.82, 2.24) is 14.7 Å². The van der Waals surface area contributed by atoms with Crippen LogP contribution in [0.25, 0.3) is 0 Å². The summed E-state index contributed by atoms with van der Waals surface area (Å²) in [5.74, 6) is -0.819. The van der Waals surface area contributed by atoms with Crippen LogP contribution >= 0.6 is 0 Å². The molecule has 1 fully saturated rings. The largest absolute Gasteiger partial charge is 0.481 e. The summed E-state index contributed by atoms with van der Waals surface area (Å²) in [5, 5.41) is 9.25. The fourth-order valence-corrected chi connectivity index (χ4v) is 2.26. The lowest BCUT2D eigenvalue weighted by Gasteiger charge is -2.39. The molecule has 1 unspecified atom stereocenters. The second-order valence-electron chi connectivity index (χ2n) is 5.90. The summed E-state index contributed by atoms with van der Waals surface area (Å²) in [6, 6.07) is -0.0750. The van der Waals surface area contributed by atoms with Gasteiger partial charge < -0.3 is 19.8 Å². The highest BCUT2D eigenvalue weighted by atomic mass is 16.4. The van der Waals surface area contributed by atoms with Crippen molar-refractivity contribution >= 4 is 12.0 Å². The first-order chi connectivity index (χ1) is 8.76. The van der Waals surface area contributed by atoms with E-state index >= 15 is 0 Å². The van der Waals surface area contributed by atoms with Gasteiger partial charge in [0.25, 0.3) is 0 Å². The summed E-state index contributed by atoms with van der Waals surface area (Å²) < 4.78 is 0. The Kier molecular flexibility index (Phi) is 5.17. The van der Waals surface area contributed by atoms with E-state index in [9.17, 15) is 14.7 Å². The van der Waals surface area contributed by atoms with Gasteiger partial charge in [-0.3, -0.25) is 4.79 Å². The lowest BCUT2D eigenvalue weighted by Crippen LogP contribution is -2.52. The third kappa shape index (κ3) is 4.09. The Bertz CT molecular complexity index is 346.